The number of carboxylic acid groups (broad SMARTS) is 1. The number of hydrogen-bond donors (Lipinski definition) is 2. The highest BCUT2D eigenvalue weighted by atomic mass is 16.5. The van der Waals surface area contributed by atoms with Crippen molar-refractivity contribution in [2.75, 3.05) is 13.2 Å². The maximum atomic E-state index is 11.9. The van der Waals surface area contributed by atoms with Crippen LogP contribution in [0.2, 0.25) is 0 Å². The number of aliphatic carboxylic acids is 1. The Labute approximate surface area is 105 Å². The molecule has 5 heteroatoms. The molecule has 0 spiro atoms. The van der Waals surface area contributed by atoms with Gasteiger partial charge in [0.05, 0.1) is 0 Å². The molecule has 0 bridgehead atoms. The van der Waals surface area contributed by atoms with Gasteiger partial charge in [0.2, 0.25) is 5.91 Å². The van der Waals surface area contributed by atoms with E-state index in [2.05, 4.69) is 5.32 Å². The summed E-state index contributed by atoms with van der Waals surface area (Å²) in [5, 5.41) is 10.9. The van der Waals surface area contributed by atoms with Crippen molar-refractivity contribution in [3.63, 3.8) is 0 Å². The molecule has 0 saturated heterocycles. The molecule has 0 aromatic heterocycles. The van der Waals surface area contributed by atoms with Crippen LogP contribution in [0, 0.1) is 13.8 Å². The number of carboxylic acids is 1. The second-order valence-corrected chi connectivity index (χ2v) is 4.45. The van der Waals surface area contributed by atoms with Crippen molar-refractivity contribution in [2.45, 2.75) is 19.8 Å². The second kappa shape index (κ2) is 4.68. The Morgan fingerprint density at radius 1 is 1.39 bits per heavy atom. The predicted octanol–water partition coefficient (Wildman–Crippen LogP) is 0.980. The minimum Gasteiger partial charge on any atom is -0.492 e. The molecule has 1 amide bonds. The predicted molar refractivity (Wildman–Crippen MR) is 64.8 cm³/mol. The fourth-order valence-electron chi connectivity index (χ4n) is 1.98. The molecule has 96 valence electrons. The molecule has 1 aromatic rings. The lowest BCUT2D eigenvalue weighted by atomic mass is 9.96. The Morgan fingerprint density at radius 3 is 2.72 bits per heavy atom. The maximum Gasteiger partial charge on any atom is 0.322 e. The first kappa shape index (κ1) is 12.4. The minimum atomic E-state index is -1.05. The first-order chi connectivity index (χ1) is 8.49. The maximum absolute atomic E-state index is 11.9. The lowest BCUT2D eigenvalue weighted by molar-refractivity contribution is -0.138. The van der Waals surface area contributed by atoms with E-state index in [1.54, 1.807) is 0 Å². The third kappa shape index (κ3) is 2.30. The van der Waals surface area contributed by atoms with Crippen LogP contribution in [0.1, 0.15) is 22.6 Å². The van der Waals surface area contributed by atoms with E-state index >= 15 is 0 Å². The molecule has 2 rings (SSSR count). The number of aryl methyl sites for hydroxylation is 2. The summed E-state index contributed by atoms with van der Waals surface area (Å²) in [5.74, 6) is -1.06. The lowest BCUT2D eigenvalue weighted by Gasteiger charge is -2.09. The summed E-state index contributed by atoms with van der Waals surface area (Å²) >= 11 is 0. The van der Waals surface area contributed by atoms with Crippen LogP contribution in [0.5, 0.6) is 5.75 Å². The highest BCUT2D eigenvalue weighted by Crippen LogP contribution is 2.35. The van der Waals surface area contributed by atoms with Crippen LogP contribution in [-0.4, -0.2) is 30.1 Å². The summed E-state index contributed by atoms with van der Waals surface area (Å²) in [6.45, 7) is 3.86. The largest absolute Gasteiger partial charge is 0.492 e. The Bertz CT molecular complexity index is 510. The molecule has 0 radical (unpaired) electrons. The normalized spacial score (nSPS) is 16.9. The fourth-order valence-corrected chi connectivity index (χ4v) is 1.98. The molecule has 0 fully saturated rings. The van der Waals surface area contributed by atoms with Crippen LogP contribution < -0.4 is 10.1 Å². The minimum absolute atomic E-state index is 0.268. The van der Waals surface area contributed by atoms with Crippen LogP contribution in [-0.2, 0) is 9.59 Å². The van der Waals surface area contributed by atoms with Gasteiger partial charge in [0.1, 0.15) is 24.8 Å². The summed E-state index contributed by atoms with van der Waals surface area (Å²) in [5.41, 5.74) is 3.04. The zero-order valence-electron chi connectivity index (χ0n) is 10.3. The van der Waals surface area contributed by atoms with Gasteiger partial charge in [0.25, 0.3) is 0 Å². The molecule has 2 N–H and O–H groups in total. The average molecular weight is 249 g/mol. The quantitative estimate of drug-likeness (QED) is 0.837. The molecular formula is C13H15NO4. The zero-order chi connectivity index (χ0) is 13.3. The molecule has 0 aliphatic carbocycles. The van der Waals surface area contributed by atoms with E-state index in [4.69, 9.17) is 9.84 Å². The van der Waals surface area contributed by atoms with Crippen LogP contribution in [0.4, 0.5) is 0 Å². The molecule has 1 aliphatic heterocycles. The summed E-state index contributed by atoms with van der Waals surface area (Å²) < 4.78 is 5.47. The number of carbonyl (C=O) groups is 2. The second-order valence-electron chi connectivity index (χ2n) is 4.45. The summed E-state index contributed by atoms with van der Waals surface area (Å²) in [6.07, 6.45) is 0. The number of fused-ring (bicyclic) bond motifs is 1. The van der Waals surface area contributed by atoms with Crippen molar-refractivity contribution < 1.29 is 19.4 Å². The van der Waals surface area contributed by atoms with Gasteiger partial charge in [-0.1, -0.05) is 6.07 Å². The van der Waals surface area contributed by atoms with E-state index in [0.717, 1.165) is 16.7 Å². The highest BCUT2D eigenvalue weighted by molar-refractivity contribution is 5.88. The number of nitrogens with one attached hydrogen (secondary N) is 1. The third-order valence-electron chi connectivity index (χ3n) is 3.14. The first-order valence-electron chi connectivity index (χ1n) is 5.72. The van der Waals surface area contributed by atoms with Gasteiger partial charge in [-0.05, 0) is 31.0 Å². The van der Waals surface area contributed by atoms with Crippen molar-refractivity contribution in [3.8, 4) is 5.75 Å². The molecule has 1 aliphatic rings. The SMILES string of the molecule is Cc1cc2c(cc1C)C(C(=O)NCC(=O)O)CO2. The number of benzene rings is 1. The average Bonchev–Trinajstić information content (AvgIpc) is 2.69. The van der Waals surface area contributed by atoms with Gasteiger partial charge in [-0.3, -0.25) is 9.59 Å². The van der Waals surface area contributed by atoms with Crippen molar-refractivity contribution >= 4 is 11.9 Å². The van der Waals surface area contributed by atoms with Gasteiger partial charge in [-0.15, -0.1) is 0 Å². The van der Waals surface area contributed by atoms with Gasteiger partial charge < -0.3 is 15.2 Å². The van der Waals surface area contributed by atoms with E-state index in [1.807, 2.05) is 26.0 Å². The van der Waals surface area contributed by atoms with Crippen molar-refractivity contribution in [2.24, 2.45) is 0 Å². The molecule has 18 heavy (non-hydrogen) atoms. The highest BCUT2D eigenvalue weighted by Gasteiger charge is 2.30. The number of amides is 1. The number of rotatable bonds is 3. The van der Waals surface area contributed by atoms with Crippen LogP contribution in [0.25, 0.3) is 0 Å². The third-order valence-corrected chi connectivity index (χ3v) is 3.14. The van der Waals surface area contributed by atoms with Crippen molar-refractivity contribution in [1.82, 2.24) is 5.32 Å². The topological polar surface area (TPSA) is 75.6 Å². The number of carbonyl (C=O) groups excluding carboxylic acids is 1. The summed E-state index contributed by atoms with van der Waals surface area (Å²) in [4.78, 5) is 22.3. The molecule has 0 saturated carbocycles. The zero-order valence-corrected chi connectivity index (χ0v) is 10.3. The van der Waals surface area contributed by atoms with Crippen molar-refractivity contribution in [1.29, 1.82) is 0 Å². The molecule has 1 heterocycles. The van der Waals surface area contributed by atoms with Gasteiger partial charge >= 0.3 is 5.97 Å². The van der Waals surface area contributed by atoms with Crippen LogP contribution >= 0.6 is 0 Å². The number of hydrogen-bond acceptors (Lipinski definition) is 3. The standard InChI is InChI=1S/C13H15NO4/c1-7-3-9-10(13(17)14-5-12(15)16)6-18-11(9)4-8(7)2/h3-4,10H,5-6H2,1-2H3,(H,14,17)(H,15,16). The Hall–Kier alpha value is -2.04. The van der Waals surface area contributed by atoms with Gasteiger partial charge in [0, 0.05) is 5.56 Å². The monoisotopic (exact) mass is 249 g/mol. The Balaban J connectivity index is 2.18. The summed E-state index contributed by atoms with van der Waals surface area (Å²) in [7, 11) is 0. The molecule has 1 unspecified atom stereocenters. The molecule has 1 aromatic carbocycles. The molecule has 5 nitrogen and oxygen atoms in total. The van der Waals surface area contributed by atoms with Gasteiger partial charge in [-0.2, -0.15) is 0 Å². The van der Waals surface area contributed by atoms with E-state index < -0.39 is 11.9 Å². The lowest BCUT2D eigenvalue weighted by Crippen LogP contribution is -2.34. The molecular weight excluding hydrogens is 234 g/mol. The summed E-state index contributed by atoms with van der Waals surface area (Å²) in [6, 6.07) is 3.85. The smallest absolute Gasteiger partial charge is 0.322 e. The molecule has 1 atom stereocenters. The number of ether oxygens (including phenoxy) is 1. The Morgan fingerprint density at radius 2 is 2.06 bits per heavy atom. The van der Waals surface area contributed by atoms with E-state index in [1.165, 1.54) is 0 Å². The van der Waals surface area contributed by atoms with Crippen molar-refractivity contribution in [3.05, 3.63) is 28.8 Å². The first-order valence-corrected chi connectivity index (χ1v) is 5.72. The van der Waals surface area contributed by atoms with Gasteiger partial charge in [0.15, 0.2) is 0 Å². The van der Waals surface area contributed by atoms with E-state index in [-0.39, 0.29) is 19.1 Å². The van der Waals surface area contributed by atoms with Crippen LogP contribution in [0.15, 0.2) is 12.1 Å². The van der Waals surface area contributed by atoms with Crippen LogP contribution in [0.3, 0.4) is 0 Å². The van der Waals surface area contributed by atoms with E-state index in [9.17, 15) is 9.59 Å². The van der Waals surface area contributed by atoms with E-state index in [0.29, 0.717) is 5.75 Å². The van der Waals surface area contributed by atoms with Gasteiger partial charge in [-0.25, -0.2) is 0 Å². The Kier molecular flexibility index (Phi) is 3.23. The fraction of sp³-hybridized carbons (Fsp3) is 0.385.